The van der Waals surface area contributed by atoms with Crippen LogP contribution in [-0.2, 0) is 0 Å². The Morgan fingerprint density at radius 3 is 2.88 bits per heavy atom. The molecule has 0 unspecified atom stereocenters. The average Bonchev–Trinajstić information content (AvgIpc) is 3.15. The second-order valence-electron chi connectivity index (χ2n) is 5.64. The molecule has 6 heteroatoms. The number of hydrogen-bond acceptors (Lipinski definition) is 4. The molecule has 1 amide bonds. The van der Waals surface area contributed by atoms with Crippen LogP contribution in [0.1, 0.15) is 17.4 Å². The van der Waals surface area contributed by atoms with Crippen molar-refractivity contribution in [3.8, 4) is 5.82 Å². The smallest absolute Gasteiger partial charge is 0.277 e. The van der Waals surface area contributed by atoms with E-state index in [1.165, 1.54) is 0 Å². The molecule has 3 heterocycles. The van der Waals surface area contributed by atoms with Gasteiger partial charge < -0.3 is 4.90 Å². The second kappa shape index (κ2) is 6.13. The third-order valence-electron chi connectivity index (χ3n) is 3.86. The third-order valence-corrected chi connectivity index (χ3v) is 5.01. The van der Waals surface area contributed by atoms with Crippen LogP contribution in [0.15, 0.2) is 65.8 Å². The number of carbonyl (C=O) groups is 1. The Labute approximate surface area is 144 Å². The molecule has 0 bridgehead atoms. The molecule has 24 heavy (non-hydrogen) atoms. The van der Waals surface area contributed by atoms with E-state index in [1.807, 2.05) is 47.5 Å². The lowest BCUT2D eigenvalue weighted by Gasteiger charge is -2.32. The molecule has 2 aromatic heterocycles. The minimum Gasteiger partial charge on any atom is -0.305 e. The van der Waals surface area contributed by atoms with Gasteiger partial charge in [0.05, 0.1) is 5.69 Å². The fraction of sp³-hybridized carbons (Fsp3) is 0.167. The summed E-state index contributed by atoms with van der Waals surface area (Å²) in [4.78, 5) is 20.5. The predicted octanol–water partition coefficient (Wildman–Crippen LogP) is 3.41. The first-order valence-electron chi connectivity index (χ1n) is 7.77. The maximum atomic E-state index is 13.1. The Bertz CT molecular complexity index is 878. The minimum absolute atomic E-state index is 0.0800. The molecule has 0 fully saturated rings. The van der Waals surface area contributed by atoms with E-state index < -0.39 is 0 Å². The highest BCUT2D eigenvalue weighted by Crippen LogP contribution is 2.38. The van der Waals surface area contributed by atoms with Gasteiger partial charge in [-0.05, 0) is 30.3 Å². The maximum absolute atomic E-state index is 13.1. The fourth-order valence-electron chi connectivity index (χ4n) is 2.79. The molecule has 5 nitrogen and oxygen atoms in total. The van der Waals surface area contributed by atoms with Gasteiger partial charge in [-0.1, -0.05) is 25.1 Å². The summed E-state index contributed by atoms with van der Waals surface area (Å²) in [7, 11) is 0. The molecule has 0 saturated carbocycles. The zero-order chi connectivity index (χ0) is 16.5. The van der Waals surface area contributed by atoms with Crippen molar-refractivity contribution in [1.29, 1.82) is 0 Å². The molecule has 1 atom stereocenters. The maximum Gasteiger partial charge on any atom is 0.277 e. The van der Waals surface area contributed by atoms with Crippen molar-refractivity contribution in [1.82, 2.24) is 14.8 Å². The number of rotatable bonds is 2. The van der Waals surface area contributed by atoms with Crippen LogP contribution in [0.3, 0.4) is 0 Å². The lowest BCUT2D eigenvalue weighted by Crippen LogP contribution is -2.39. The molecule has 1 aromatic carbocycles. The summed E-state index contributed by atoms with van der Waals surface area (Å²) in [6, 6.07) is 15.3. The summed E-state index contributed by atoms with van der Waals surface area (Å²) in [6.45, 7) is 2.81. The number of aromatic nitrogens is 3. The van der Waals surface area contributed by atoms with Crippen molar-refractivity contribution in [3.05, 3.63) is 66.6 Å². The molecule has 120 valence electrons. The van der Waals surface area contributed by atoms with Crippen molar-refractivity contribution in [2.45, 2.75) is 17.1 Å². The zero-order valence-electron chi connectivity index (χ0n) is 13.2. The van der Waals surface area contributed by atoms with E-state index in [1.54, 1.807) is 28.7 Å². The third kappa shape index (κ3) is 2.69. The van der Waals surface area contributed by atoms with Crippen molar-refractivity contribution >= 4 is 23.4 Å². The monoisotopic (exact) mass is 336 g/mol. The van der Waals surface area contributed by atoms with Crippen LogP contribution < -0.4 is 4.90 Å². The Balaban J connectivity index is 1.71. The summed E-state index contributed by atoms with van der Waals surface area (Å²) in [5, 5.41) is 4.52. The summed E-state index contributed by atoms with van der Waals surface area (Å²) in [5.41, 5.74) is 1.38. The van der Waals surface area contributed by atoms with E-state index >= 15 is 0 Å². The molecule has 1 aliphatic rings. The van der Waals surface area contributed by atoms with Gasteiger partial charge in [0.2, 0.25) is 0 Å². The van der Waals surface area contributed by atoms with Crippen LogP contribution in [-0.4, -0.2) is 32.5 Å². The molecular formula is C18H16N4OS. The Hall–Kier alpha value is -2.60. The summed E-state index contributed by atoms with van der Waals surface area (Å²) >= 11 is 1.80. The lowest BCUT2D eigenvalue weighted by molar-refractivity contribution is 0.0981. The number of benzene rings is 1. The van der Waals surface area contributed by atoms with Crippen LogP contribution in [0.25, 0.3) is 5.82 Å². The highest BCUT2D eigenvalue weighted by Gasteiger charge is 2.28. The molecule has 0 saturated heterocycles. The molecular weight excluding hydrogens is 320 g/mol. The molecule has 4 rings (SSSR count). The molecule has 0 N–H and O–H groups in total. The summed E-state index contributed by atoms with van der Waals surface area (Å²) < 4.78 is 1.65. The van der Waals surface area contributed by atoms with Gasteiger partial charge in [-0.2, -0.15) is 5.10 Å². The van der Waals surface area contributed by atoms with E-state index in [4.69, 9.17) is 0 Å². The lowest BCUT2D eigenvalue weighted by atomic mass is 10.2. The standard InChI is InChI=1S/C18H16N4OS/c1-13-12-21(15-7-2-3-8-16(15)24-13)18(23)14-6-4-9-17(20-14)22-11-5-10-19-22/h2-11,13H,12H2,1H3/t13-/m1/s1. The van der Waals surface area contributed by atoms with Crippen molar-refractivity contribution < 1.29 is 4.79 Å². The van der Waals surface area contributed by atoms with Crippen molar-refractivity contribution in [3.63, 3.8) is 0 Å². The van der Waals surface area contributed by atoms with Crippen molar-refractivity contribution in [2.75, 3.05) is 11.4 Å². The molecule has 0 aliphatic carbocycles. The van der Waals surface area contributed by atoms with Gasteiger partial charge in [0.15, 0.2) is 5.82 Å². The van der Waals surface area contributed by atoms with Gasteiger partial charge >= 0.3 is 0 Å². The minimum atomic E-state index is -0.0800. The number of nitrogens with zero attached hydrogens (tertiary/aromatic N) is 4. The highest BCUT2D eigenvalue weighted by molar-refractivity contribution is 8.00. The molecule has 1 aliphatic heterocycles. The number of fused-ring (bicyclic) bond motifs is 1. The van der Waals surface area contributed by atoms with E-state index in [2.05, 4.69) is 23.1 Å². The van der Waals surface area contributed by atoms with Crippen LogP contribution in [0.2, 0.25) is 0 Å². The molecule has 0 radical (unpaired) electrons. The van der Waals surface area contributed by atoms with Crippen LogP contribution in [0.5, 0.6) is 0 Å². The number of para-hydroxylation sites is 1. The number of carbonyl (C=O) groups excluding carboxylic acids is 1. The summed E-state index contributed by atoms with van der Waals surface area (Å²) in [6.07, 6.45) is 3.50. The van der Waals surface area contributed by atoms with E-state index in [9.17, 15) is 4.79 Å². The second-order valence-corrected chi connectivity index (χ2v) is 7.12. The zero-order valence-corrected chi connectivity index (χ0v) is 14.0. The quantitative estimate of drug-likeness (QED) is 0.720. The van der Waals surface area contributed by atoms with Crippen LogP contribution in [0.4, 0.5) is 5.69 Å². The first kappa shape index (κ1) is 15.0. The number of pyridine rings is 1. The van der Waals surface area contributed by atoms with E-state index in [0.29, 0.717) is 23.3 Å². The normalized spacial score (nSPS) is 16.7. The van der Waals surface area contributed by atoms with Gasteiger partial charge in [0, 0.05) is 29.1 Å². The SMILES string of the molecule is C[C@@H]1CN(C(=O)c2cccc(-n3cccn3)n2)c2ccccc2S1. The topological polar surface area (TPSA) is 51.0 Å². The number of anilines is 1. The van der Waals surface area contributed by atoms with Gasteiger partial charge in [-0.15, -0.1) is 11.8 Å². The average molecular weight is 336 g/mol. The Morgan fingerprint density at radius 2 is 2.04 bits per heavy atom. The summed E-state index contributed by atoms with van der Waals surface area (Å²) in [5.74, 6) is 0.558. The predicted molar refractivity (Wildman–Crippen MR) is 94.8 cm³/mol. The Kier molecular flexibility index (Phi) is 3.82. The molecule has 3 aromatic rings. The van der Waals surface area contributed by atoms with E-state index in [0.717, 1.165) is 10.6 Å². The van der Waals surface area contributed by atoms with Crippen LogP contribution in [0, 0.1) is 0 Å². The van der Waals surface area contributed by atoms with Gasteiger partial charge in [0.25, 0.3) is 5.91 Å². The number of amides is 1. The van der Waals surface area contributed by atoms with Gasteiger partial charge in [-0.25, -0.2) is 9.67 Å². The fourth-order valence-corrected chi connectivity index (χ4v) is 3.91. The van der Waals surface area contributed by atoms with Gasteiger partial charge in [-0.3, -0.25) is 4.79 Å². The Morgan fingerprint density at radius 1 is 1.17 bits per heavy atom. The van der Waals surface area contributed by atoms with E-state index in [-0.39, 0.29) is 5.91 Å². The van der Waals surface area contributed by atoms with Crippen molar-refractivity contribution in [2.24, 2.45) is 0 Å². The number of hydrogen-bond donors (Lipinski definition) is 0. The number of thioether (sulfide) groups is 1. The van der Waals surface area contributed by atoms with Crippen LogP contribution >= 0.6 is 11.8 Å². The molecule has 0 spiro atoms. The van der Waals surface area contributed by atoms with Gasteiger partial charge in [0.1, 0.15) is 5.69 Å². The highest BCUT2D eigenvalue weighted by atomic mass is 32.2. The first-order chi connectivity index (χ1) is 11.7. The largest absolute Gasteiger partial charge is 0.305 e. The first-order valence-corrected chi connectivity index (χ1v) is 8.65.